The molecular weight excluding hydrogens is 410 g/mol. The van der Waals surface area contributed by atoms with Gasteiger partial charge < -0.3 is 15.0 Å². The smallest absolute Gasteiger partial charge is 0.224 e. The van der Waals surface area contributed by atoms with Gasteiger partial charge >= 0.3 is 0 Å². The highest BCUT2D eigenvalue weighted by Crippen LogP contribution is 2.26. The van der Waals surface area contributed by atoms with Crippen molar-refractivity contribution in [1.82, 2.24) is 15.2 Å². The first-order valence-corrected chi connectivity index (χ1v) is 11.8. The second kappa shape index (κ2) is 11.6. The lowest BCUT2D eigenvalue weighted by molar-refractivity contribution is -0.127. The third-order valence-electron chi connectivity index (χ3n) is 6.44. The summed E-state index contributed by atoms with van der Waals surface area (Å²) >= 11 is 0. The molecule has 0 radical (unpaired) electrons. The molecule has 1 atom stereocenters. The predicted molar refractivity (Wildman–Crippen MR) is 131 cm³/mol. The number of pyridine rings is 1. The molecule has 33 heavy (non-hydrogen) atoms. The van der Waals surface area contributed by atoms with Crippen LogP contribution in [0.15, 0.2) is 79.0 Å². The van der Waals surface area contributed by atoms with Crippen LogP contribution < -0.4 is 10.1 Å². The Labute approximate surface area is 196 Å². The van der Waals surface area contributed by atoms with Gasteiger partial charge in [0.1, 0.15) is 5.75 Å². The van der Waals surface area contributed by atoms with Crippen molar-refractivity contribution in [2.45, 2.75) is 31.7 Å². The maximum absolute atomic E-state index is 13.2. The minimum atomic E-state index is -0.294. The standard InChI is InChI=1S/C28H33N3O2/c1-33-25-13-7-12-24(21-25)27(26-14-5-6-17-29-26)30-28(32)23-15-19-31(20-16-23)18-8-11-22-9-3-2-4-10-22/h2-7,9-10,12-14,17,21,23,27H,8,11,15-16,18-20H2,1H3,(H,30,32). The first kappa shape index (κ1) is 23.0. The second-order valence-electron chi connectivity index (χ2n) is 8.68. The van der Waals surface area contributed by atoms with E-state index in [1.807, 2.05) is 42.5 Å². The van der Waals surface area contributed by atoms with E-state index < -0.39 is 0 Å². The summed E-state index contributed by atoms with van der Waals surface area (Å²) in [4.78, 5) is 20.2. The Morgan fingerprint density at radius 3 is 2.58 bits per heavy atom. The van der Waals surface area contributed by atoms with Gasteiger partial charge in [-0.15, -0.1) is 0 Å². The Balaban J connectivity index is 1.33. The molecule has 5 heteroatoms. The van der Waals surface area contributed by atoms with Gasteiger partial charge in [0.05, 0.1) is 18.8 Å². The van der Waals surface area contributed by atoms with Gasteiger partial charge in [-0.25, -0.2) is 0 Å². The topological polar surface area (TPSA) is 54.5 Å². The highest BCUT2D eigenvalue weighted by molar-refractivity contribution is 5.79. The molecule has 1 aromatic heterocycles. The normalized spacial score (nSPS) is 15.7. The number of amides is 1. The summed E-state index contributed by atoms with van der Waals surface area (Å²) < 4.78 is 5.40. The third-order valence-corrected chi connectivity index (χ3v) is 6.44. The van der Waals surface area contributed by atoms with Crippen molar-refractivity contribution >= 4 is 5.91 Å². The van der Waals surface area contributed by atoms with E-state index in [9.17, 15) is 4.79 Å². The average molecular weight is 444 g/mol. The number of carbonyl (C=O) groups excluding carboxylic acids is 1. The lowest BCUT2D eigenvalue weighted by Gasteiger charge is -2.32. The van der Waals surface area contributed by atoms with Crippen molar-refractivity contribution in [3.63, 3.8) is 0 Å². The van der Waals surface area contributed by atoms with Crippen LogP contribution in [0.25, 0.3) is 0 Å². The fraction of sp³-hybridized carbons (Fsp3) is 0.357. The Hall–Kier alpha value is -3.18. The Bertz CT molecular complexity index is 1000. The molecule has 0 bridgehead atoms. The second-order valence-corrected chi connectivity index (χ2v) is 8.68. The van der Waals surface area contributed by atoms with Gasteiger partial charge in [-0.05, 0) is 80.7 Å². The first-order valence-electron chi connectivity index (χ1n) is 11.8. The first-order chi connectivity index (χ1) is 16.2. The number of aromatic nitrogens is 1. The minimum absolute atomic E-state index is 0.0344. The number of aryl methyl sites for hydroxylation is 1. The molecule has 2 aromatic carbocycles. The number of benzene rings is 2. The van der Waals surface area contributed by atoms with Crippen LogP contribution >= 0.6 is 0 Å². The molecule has 1 fully saturated rings. The number of likely N-dealkylation sites (tertiary alicyclic amines) is 1. The van der Waals surface area contributed by atoms with Gasteiger partial charge in [-0.3, -0.25) is 9.78 Å². The van der Waals surface area contributed by atoms with Crippen molar-refractivity contribution in [2.75, 3.05) is 26.7 Å². The Morgan fingerprint density at radius 1 is 1.06 bits per heavy atom. The van der Waals surface area contributed by atoms with Gasteiger partial charge in [0.25, 0.3) is 0 Å². The Kier molecular flexibility index (Phi) is 8.09. The lowest BCUT2D eigenvalue weighted by Crippen LogP contribution is -2.42. The summed E-state index contributed by atoms with van der Waals surface area (Å²) in [5, 5.41) is 3.27. The number of ether oxygens (including phenoxy) is 1. The minimum Gasteiger partial charge on any atom is -0.497 e. The van der Waals surface area contributed by atoms with Crippen molar-refractivity contribution in [1.29, 1.82) is 0 Å². The molecule has 2 heterocycles. The molecular formula is C28H33N3O2. The van der Waals surface area contributed by atoms with Gasteiger partial charge in [0.2, 0.25) is 5.91 Å². The van der Waals surface area contributed by atoms with Crippen molar-refractivity contribution < 1.29 is 9.53 Å². The molecule has 1 N–H and O–H groups in total. The van der Waals surface area contributed by atoms with Crippen LogP contribution in [0.3, 0.4) is 0 Å². The van der Waals surface area contributed by atoms with Crippen LogP contribution in [0.4, 0.5) is 0 Å². The van der Waals surface area contributed by atoms with Crippen LogP contribution in [0.1, 0.15) is 42.1 Å². The third kappa shape index (κ3) is 6.42. The largest absolute Gasteiger partial charge is 0.497 e. The fourth-order valence-corrected chi connectivity index (χ4v) is 4.53. The highest BCUT2D eigenvalue weighted by atomic mass is 16.5. The summed E-state index contributed by atoms with van der Waals surface area (Å²) in [6.07, 6.45) is 5.81. The van der Waals surface area contributed by atoms with E-state index in [-0.39, 0.29) is 17.9 Å². The molecule has 5 nitrogen and oxygen atoms in total. The van der Waals surface area contributed by atoms with Gasteiger partial charge in [0, 0.05) is 12.1 Å². The lowest BCUT2D eigenvalue weighted by atomic mass is 9.94. The molecule has 172 valence electrons. The van der Waals surface area contributed by atoms with E-state index in [0.29, 0.717) is 0 Å². The molecule has 1 aliphatic rings. The SMILES string of the molecule is COc1cccc(C(NC(=O)C2CCN(CCCc3ccccc3)CC2)c2ccccn2)c1. The zero-order valence-electron chi connectivity index (χ0n) is 19.3. The molecule has 1 amide bonds. The van der Waals surface area contributed by atoms with Crippen molar-refractivity contribution in [3.05, 3.63) is 95.8 Å². The van der Waals surface area contributed by atoms with Crippen LogP contribution in [0.2, 0.25) is 0 Å². The summed E-state index contributed by atoms with van der Waals surface area (Å²) in [5.74, 6) is 0.913. The van der Waals surface area contributed by atoms with Crippen molar-refractivity contribution in [3.8, 4) is 5.75 Å². The number of hydrogen-bond acceptors (Lipinski definition) is 4. The molecule has 0 spiro atoms. The van der Waals surface area contributed by atoms with E-state index >= 15 is 0 Å². The van der Waals surface area contributed by atoms with Crippen molar-refractivity contribution in [2.24, 2.45) is 5.92 Å². The zero-order chi connectivity index (χ0) is 22.9. The van der Waals surface area contributed by atoms with Gasteiger partial charge in [0.15, 0.2) is 0 Å². The van der Waals surface area contributed by atoms with E-state index in [4.69, 9.17) is 4.74 Å². The van der Waals surface area contributed by atoms with E-state index in [2.05, 4.69) is 45.5 Å². The number of nitrogens with zero attached hydrogens (tertiary/aromatic N) is 2. The molecule has 0 saturated carbocycles. The average Bonchev–Trinajstić information content (AvgIpc) is 2.88. The molecule has 1 unspecified atom stereocenters. The summed E-state index contributed by atoms with van der Waals surface area (Å²) in [6, 6.07) is 24.0. The fourth-order valence-electron chi connectivity index (χ4n) is 4.53. The monoisotopic (exact) mass is 443 g/mol. The number of piperidine rings is 1. The molecule has 3 aromatic rings. The number of rotatable bonds is 9. The number of methoxy groups -OCH3 is 1. The number of hydrogen-bond donors (Lipinski definition) is 1. The molecule has 1 aliphatic heterocycles. The molecule has 4 rings (SSSR count). The predicted octanol–water partition coefficient (Wildman–Crippen LogP) is 4.64. The van der Waals surface area contributed by atoms with Crippen LogP contribution in [-0.2, 0) is 11.2 Å². The highest BCUT2D eigenvalue weighted by Gasteiger charge is 2.27. The molecule has 0 aliphatic carbocycles. The number of carbonyl (C=O) groups is 1. The van der Waals surface area contributed by atoms with E-state index in [1.165, 1.54) is 5.56 Å². The maximum atomic E-state index is 13.2. The quantitative estimate of drug-likeness (QED) is 0.523. The molecule has 1 saturated heterocycles. The van der Waals surface area contributed by atoms with Crippen LogP contribution in [-0.4, -0.2) is 42.5 Å². The zero-order valence-corrected chi connectivity index (χ0v) is 19.3. The summed E-state index contributed by atoms with van der Waals surface area (Å²) in [6.45, 7) is 3.03. The number of nitrogens with one attached hydrogen (secondary N) is 1. The maximum Gasteiger partial charge on any atom is 0.224 e. The summed E-state index contributed by atoms with van der Waals surface area (Å²) in [5.41, 5.74) is 3.20. The van der Waals surface area contributed by atoms with Gasteiger partial charge in [-0.1, -0.05) is 48.5 Å². The Morgan fingerprint density at radius 2 is 1.85 bits per heavy atom. The van der Waals surface area contributed by atoms with Crippen LogP contribution in [0.5, 0.6) is 5.75 Å². The van der Waals surface area contributed by atoms with E-state index in [0.717, 1.165) is 62.3 Å². The van der Waals surface area contributed by atoms with E-state index in [1.54, 1.807) is 13.3 Å². The summed E-state index contributed by atoms with van der Waals surface area (Å²) in [7, 11) is 1.65. The van der Waals surface area contributed by atoms with Gasteiger partial charge in [-0.2, -0.15) is 0 Å². The van der Waals surface area contributed by atoms with Crippen LogP contribution in [0, 0.1) is 5.92 Å².